The van der Waals surface area contributed by atoms with E-state index in [1.54, 1.807) is 0 Å². The Morgan fingerprint density at radius 1 is 1.06 bits per heavy atom. The second-order valence-corrected chi connectivity index (χ2v) is 8.94. The highest BCUT2D eigenvalue weighted by Gasteiger charge is 2.21. The highest BCUT2D eigenvalue weighted by Crippen LogP contribution is 2.24. The van der Waals surface area contributed by atoms with Crippen molar-refractivity contribution in [3.8, 4) is 0 Å². The Bertz CT molecular complexity index is 740. The molecule has 3 rings (SSSR count). The molecule has 1 aliphatic heterocycles. The molecule has 1 N–H and O–H groups in total. The zero-order valence-electron chi connectivity index (χ0n) is 19.5. The van der Waals surface area contributed by atoms with E-state index in [1.165, 1.54) is 50.5 Å². The van der Waals surface area contributed by atoms with Gasteiger partial charge in [-0.15, -0.1) is 0 Å². The topological polar surface area (TPSA) is 47.5 Å². The molecule has 0 amide bonds. The molecule has 0 unspecified atom stereocenters. The van der Waals surface area contributed by atoms with E-state index in [9.17, 15) is 0 Å². The molecular weight excluding hydrogens is 384 g/mol. The standard InChI is InChI=1S/C25H40N6/c1-5-12-21(6-2)20-30-15-17-31(18-16-30)25-27-23(19-24(28-25)29(3)4)26-22-13-10-8-7-9-11-14-22/h5-6,12,19,22H,1-2,7-11,13-18,20H2,3-4H3,(H,26,27,28)/b21-12+. The first-order chi connectivity index (χ1) is 15.1. The van der Waals surface area contributed by atoms with Crippen molar-refractivity contribution in [1.29, 1.82) is 0 Å². The monoisotopic (exact) mass is 424 g/mol. The van der Waals surface area contributed by atoms with Crippen LogP contribution in [0.4, 0.5) is 17.6 Å². The van der Waals surface area contributed by atoms with Crippen LogP contribution in [0.3, 0.4) is 0 Å². The van der Waals surface area contributed by atoms with E-state index in [0.717, 1.165) is 50.3 Å². The van der Waals surface area contributed by atoms with Crippen LogP contribution in [0.1, 0.15) is 44.9 Å². The second kappa shape index (κ2) is 11.9. The van der Waals surface area contributed by atoms with E-state index >= 15 is 0 Å². The second-order valence-electron chi connectivity index (χ2n) is 8.94. The molecule has 1 saturated carbocycles. The SMILES string of the molecule is C=C/C=C(\C=C)CN1CCN(c2nc(NC3CCCCCCC3)cc(N(C)C)n2)CC1. The number of rotatable bonds is 8. The third-order valence-corrected chi connectivity index (χ3v) is 6.27. The van der Waals surface area contributed by atoms with Crippen LogP contribution in [0.5, 0.6) is 0 Å². The highest BCUT2D eigenvalue weighted by molar-refractivity contribution is 5.54. The minimum Gasteiger partial charge on any atom is -0.367 e. The van der Waals surface area contributed by atoms with Gasteiger partial charge in [0.15, 0.2) is 0 Å². The Labute approximate surface area is 188 Å². The van der Waals surface area contributed by atoms with Crippen molar-refractivity contribution >= 4 is 17.6 Å². The smallest absolute Gasteiger partial charge is 0.229 e. The van der Waals surface area contributed by atoms with Gasteiger partial charge in [-0.25, -0.2) is 0 Å². The zero-order valence-corrected chi connectivity index (χ0v) is 19.5. The normalized spacial score (nSPS) is 19.4. The molecular formula is C25H40N6. The average Bonchev–Trinajstić information content (AvgIpc) is 2.75. The third kappa shape index (κ3) is 7.10. The summed E-state index contributed by atoms with van der Waals surface area (Å²) in [7, 11) is 4.10. The maximum absolute atomic E-state index is 4.94. The average molecular weight is 425 g/mol. The first-order valence-electron chi connectivity index (χ1n) is 11.8. The molecule has 31 heavy (non-hydrogen) atoms. The quantitative estimate of drug-likeness (QED) is 0.621. The molecule has 0 bridgehead atoms. The van der Waals surface area contributed by atoms with Gasteiger partial charge in [0.05, 0.1) is 0 Å². The summed E-state index contributed by atoms with van der Waals surface area (Å²) < 4.78 is 0. The van der Waals surface area contributed by atoms with Gasteiger partial charge in [0.25, 0.3) is 0 Å². The molecule has 1 aliphatic carbocycles. The van der Waals surface area contributed by atoms with E-state index < -0.39 is 0 Å². The van der Waals surface area contributed by atoms with Crippen LogP contribution in [-0.2, 0) is 0 Å². The molecule has 1 aromatic rings. The molecule has 170 valence electrons. The lowest BCUT2D eigenvalue weighted by Crippen LogP contribution is -2.47. The number of aromatic nitrogens is 2. The molecule has 1 saturated heterocycles. The molecule has 2 fully saturated rings. The van der Waals surface area contributed by atoms with Crippen molar-refractivity contribution in [1.82, 2.24) is 14.9 Å². The van der Waals surface area contributed by atoms with E-state index in [2.05, 4.69) is 39.2 Å². The number of hydrogen-bond acceptors (Lipinski definition) is 6. The minimum absolute atomic E-state index is 0.517. The lowest BCUT2D eigenvalue weighted by atomic mass is 9.97. The predicted molar refractivity (Wildman–Crippen MR) is 133 cm³/mol. The molecule has 0 spiro atoms. The van der Waals surface area contributed by atoms with Gasteiger partial charge in [-0.2, -0.15) is 9.97 Å². The van der Waals surface area contributed by atoms with Crippen LogP contribution >= 0.6 is 0 Å². The van der Waals surface area contributed by atoms with E-state index in [0.29, 0.717) is 6.04 Å². The fourth-order valence-electron chi connectivity index (χ4n) is 4.38. The molecule has 6 heteroatoms. The van der Waals surface area contributed by atoms with E-state index in [-0.39, 0.29) is 0 Å². The van der Waals surface area contributed by atoms with Crippen molar-refractivity contribution < 1.29 is 0 Å². The Morgan fingerprint density at radius 2 is 1.74 bits per heavy atom. The zero-order chi connectivity index (χ0) is 22.1. The minimum atomic E-state index is 0.517. The summed E-state index contributed by atoms with van der Waals surface area (Å²) in [5.41, 5.74) is 1.21. The number of nitrogens with one attached hydrogen (secondary N) is 1. The number of hydrogen-bond donors (Lipinski definition) is 1. The summed E-state index contributed by atoms with van der Waals surface area (Å²) in [4.78, 5) is 16.6. The van der Waals surface area contributed by atoms with Crippen LogP contribution in [0.25, 0.3) is 0 Å². The highest BCUT2D eigenvalue weighted by atomic mass is 15.3. The van der Waals surface area contributed by atoms with Crippen LogP contribution < -0.4 is 15.1 Å². The van der Waals surface area contributed by atoms with Gasteiger partial charge in [-0.1, -0.05) is 63.5 Å². The van der Waals surface area contributed by atoms with Gasteiger partial charge in [-0.05, 0) is 18.4 Å². The summed E-state index contributed by atoms with van der Waals surface area (Å²) in [5, 5.41) is 3.74. The van der Waals surface area contributed by atoms with Crippen molar-refractivity contribution in [2.24, 2.45) is 0 Å². The van der Waals surface area contributed by atoms with Crippen LogP contribution in [-0.4, -0.2) is 67.7 Å². The first-order valence-corrected chi connectivity index (χ1v) is 11.8. The largest absolute Gasteiger partial charge is 0.367 e. The predicted octanol–water partition coefficient (Wildman–Crippen LogP) is 4.49. The van der Waals surface area contributed by atoms with Crippen molar-refractivity contribution in [2.75, 3.05) is 61.9 Å². The summed E-state index contributed by atoms with van der Waals surface area (Å²) in [5.74, 6) is 2.76. The van der Waals surface area contributed by atoms with Gasteiger partial charge in [0, 0.05) is 58.9 Å². The van der Waals surface area contributed by atoms with Crippen molar-refractivity contribution in [3.63, 3.8) is 0 Å². The first kappa shape index (κ1) is 23.3. The molecule has 1 aromatic heterocycles. The lowest BCUT2D eigenvalue weighted by molar-refractivity contribution is 0.278. The fraction of sp³-hybridized carbons (Fsp3) is 0.600. The van der Waals surface area contributed by atoms with Crippen molar-refractivity contribution in [3.05, 3.63) is 43.0 Å². The van der Waals surface area contributed by atoms with Gasteiger partial charge in [0.1, 0.15) is 11.6 Å². The van der Waals surface area contributed by atoms with Gasteiger partial charge < -0.3 is 15.1 Å². The molecule has 0 aromatic carbocycles. The molecule has 6 nitrogen and oxygen atoms in total. The Morgan fingerprint density at radius 3 is 2.35 bits per heavy atom. The number of allylic oxidation sites excluding steroid dienone is 2. The van der Waals surface area contributed by atoms with E-state index in [4.69, 9.17) is 9.97 Å². The van der Waals surface area contributed by atoms with Crippen LogP contribution in [0, 0.1) is 0 Å². The molecule has 0 radical (unpaired) electrons. The van der Waals surface area contributed by atoms with Gasteiger partial charge in [0.2, 0.25) is 5.95 Å². The number of piperazine rings is 1. The Balaban J connectivity index is 1.67. The summed E-state index contributed by atoms with van der Waals surface area (Å²) in [6, 6.07) is 2.61. The molecule has 2 heterocycles. The lowest BCUT2D eigenvalue weighted by Gasteiger charge is -2.35. The Kier molecular flexibility index (Phi) is 8.95. The summed E-state index contributed by atoms with van der Waals surface area (Å²) >= 11 is 0. The third-order valence-electron chi connectivity index (χ3n) is 6.27. The molecule has 0 atom stereocenters. The Hall–Kier alpha value is -2.34. The number of anilines is 3. The van der Waals surface area contributed by atoms with Crippen LogP contribution in [0.15, 0.2) is 43.0 Å². The maximum Gasteiger partial charge on any atom is 0.229 e. The summed E-state index contributed by atoms with van der Waals surface area (Å²) in [6.07, 6.45) is 15.0. The summed E-state index contributed by atoms with van der Waals surface area (Å²) in [6.45, 7) is 12.5. The fourth-order valence-corrected chi connectivity index (χ4v) is 4.38. The maximum atomic E-state index is 4.94. The molecule has 2 aliphatic rings. The number of nitrogens with zero attached hydrogens (tertiary/aromatic N) is 5. The van der Waals surface area contributed by atoms with Gasteiger partial charge >= 0.3 is 0 Å². The van der Waals surface area contributed by atoms with Crippen LogP contribution in [0.2, 0.25) is 0 Å². The van der Waals surface area contributed by atoms with Gasteiger partial charge in [-0.3, -0.25) is 4.90 Å². The van der Waals surface area contributed by atoms with Crippen molar-refractivity contribution in [2.45, 2.75) is 51.0 Å². The van der Waals surface area contributed by atoms with E-state index in [1.807, 2.05) is 32.3 Å².